The highest BCUT2D eigenvalue weighted by Crippen LogP contribution is 2.31. The van der Waals surface area contributed by atoms with Crippen LogP contribution in [0.15, 0.2) is 28.7 Å². The van der Waals surface area contributed by atoms with Crippen LogP contribution in [0.5, 0.6) is 0 Å². The van der Waals surface area contributed by atoms with Crippen LogP contribution in [0, 0.1) is 12.7 Å². The minimum Gasteiger partial charge on any atom is -0.460 e. The van der Waals surface area contributed by atoms with E-state index in [0.717, 1.165) is 17.9 Å². The van der Waals surface area contributed by atoms with Gasteiger partial charge in [-0.25, -0.2) is 4.39 Å². The Morgan fingerprint density at radius 3 is 2.83 bits per heavy atom. The molecule has 1 N–H and O–H groups in total. The van der Waals surface area contributed by atoms with Crippen molar-refractivity contribution in [1.82, 2.24) is 5.32 Å². The Morgan fingerprint density at radius 1 is 1.33 bits per heavy atom. The Kier molecular flexibility index (Phi) is 4.04. The lowest BCUT2D eigenvalue weighted by molar-refractivity contribution is 0.498. The Labute approximate surface area is 111 Å². The van der Waals surface area contributed by atoms with E-state index >= 15 is 0 Å². The van der Waals surface area contributed by atoms with E-state index in [0.29, 0.717) is 22.9 Å². The molecule has 0 spiro atoms. The van der Waals surface area contributed by atoms with Gasteiger partial charge in [0, 0.05) is 5.56 Å². The zero-order valence-electron chi connectivity index (χ0n) is 10.4. The van der Waals surface area contributed by atoms with Gasteiger partial charge in [-0.2, -0.15) is 0 Å². The molecule has 0 radical (unpaired) electrons. The third-order valence-electron chi connectivity index (χ3n) is 2.72. The second-order valence-corrected chi connectivity index (χ2v) is 4.53. The van der Waals surface area contributed by atoms with Gasteiger partial charge < -0.3 is 9.73 Å². The van der Waals surface area contributed by atoms with Crippen LogP contribution in [0.1, 0.15) is 18.2 Å². The Balaban J connectivity index is 2.31. The van der Waals surface area contributed by atoms with Crippen molar-refractivity contribution < 1.29 is 8.81 Å². The molecule has 2 aromatic rings. The number of hydrogen-bond acceptors (Lipinski definition) is 2. The zero-order chi connectivity index (χ0) is 13.1. The molecule has 4 heteroatoms. The average molecular weight is 268 g/mol. The molecule has 0 saturated carbocycles. The maximum Gasteiger partial charge on any atom is 0.135 e. The van der Waals surface area contributed by atoms with Gasteiger partial charge in [-0.05, 0) is 43.3 Å². The molecule has 96 valence electrons. The topological polar surface area (TPSA) is 25.2 Å². The van der Waals surface area contributed by atoms with E-state index in [1.807, 2.05) is 19.1 Å². The predicted octanol–water partition coefficient (Wildman–Crippen LogP) is 4.16. The van der Waals surface area contributed by atoms with Gasteiger partial charge in [0.05, 0.1) is 11.6 Å². The van der Waals surface area contributed by atoms with Crippen molar-refractivity contribution in [2.75, 3.05) is 6.54 Å². The van der Waals surface area contributed by atoms with Crippen LogP contribution in [0.4, 0.5) is 4.39 Å². The summed E-state index contributed by atoms with van der Waals surface area (Å²) in [5, 5.41) is 3.54. The van der Waals surface area contributed by atoms with Crippen LogP contribution < -0.4 is 5.32 Å². The second kappa shape index (κ2) is 5.55. The van der Waals surface area contributed by atoms with Crippen LogP contribution in [0.3, 0.4) is 0 Å². The molecule has 0 aliphatic rings. The molecule has 2 nitrogen and oxygen atoms in total. The minimum absolute atomic E-state index is 0.303. The van der Waals surface area contributed by atoms with E-state index in [9.17, 15) is 4.39 Å². The van der Waals surface area contributed by atoms with Crippen LogP contribution in [-0.4, -0.2) is 6.54 Å². The summed E-state index contributed by atoms with van der Waals surface area (Å²) in [5.74, 6) is 1.20. The van der Waals surface area contributed by atoms with Gasteiger partial charge >= 0.3 is 0 Å². The Hall–Kier alpha value is -1.32. The number of nitrogens with one attached hydrogen (secondary N) is 1. The largest absolute Gasteiger partial charge is 0.460 e. The van der Waals surface area contributed by atoms with Crippen molar-refractivity contribution in [2.24, 2.45) is 0 Å². The summed E-state index contributed by atoms with van der Waals surface area (Å²) in [6.45, 7) is 5.29. The van der Waals surface area contributed by atoms with Gasteiger partial charge in [0.15, 0.2) is 0 Å². The fraction of sp³-hybridized carbons (Fsp3) is 0.286. The van der Waals surface area contributed by atoms with E-state index in [2.05, 4.69) is 5.32 Å². The molecule has 0 fully saturated rings. The monoisotopic (exact) mass is 267 g/mol. The van der Waals surface area contributed by atoms with Gasteiger partial charge in [-0.15, -0.1) is 0 Å². The van der Waals surface area contributed by atoms with Crippen molar-refractivity contribution in [3.8, 4) is 11.3 Å². The Morgan fingerprint density at radius 2 is 2.11 bits per heavy atom. The molecular formula is C14H15ClFNO. The van der Waals surface area contributed by atoms with E-state index < -0.39 is 0 Å². The van der Waals surface area contributed by atoms with Crippen molar-refractivity contribution in [2.45, 2.75) is 20.4 Å². The summed E-state index contributed by atoms with van der Waals surface area (Å²) in [7, 11) is 0. The highest BCUT2D eigenvalue weighted by atomic mass is 35.5. The molecule has 0 bridgehead atoms. The normalized spacial score (nSPS) is 10.9. The van der Waals surface area contributed by atoms with Gasteiger partial charge in [-0.1, -0.05) is 18.5 Å². The van der Waals surface area contributed by atoms with E-state index in [-0.39, 0.29) is 5.82 Å². The number of rotatable bonds is 4. The summed E-state index contributed by atoms with van der Waals surface area (Å²) >= 11 is 6.03. The number of furan rings is 1. The molecule has 0 unspecified atom stereocenters. The zero-order valence-corrected chi connectivity index (χ0v) is 11.1. The highest BCUT2D eigenvalue weighted by Gasteiger charge is 2.11. The lowest BCUT2D eigenvalue weighted by Gasteiger charge is -2.04. The van der Waals surface area contributed by atoms with Crippen molar-refractivity contribution >= 4 is 11.6 Å². The molecule has 18 heavy (non-hydrogen) atoms. The summed E-state index contributed by atoms with van der Waals surface area (Å²) in [6.07, 6.45) is 0. The smallest absolute Gasteiger partial charge is 0.135 e. The van der Waals surface area contributed by atoms with Crippen molar-refractivity contribution in [3.63, 3.8) is 0 Å². The fourth-order valence-corrected chi connectivity index (χ4v) is 1.96. The average Bonchev–Trinajstić information content (AvgIpc) is 2.79. The highest BCUT2D eigenvalue weighted by molar-refractivity contribution is 6.33. The number of aryl methyl sites for hydroxylation is 1. The molecule has 2 rings (SSSR count). The quantitative estimate of drug-likeness (QED) is 0.900. The molecule has 1 heterocycles. The first-order chi connectivity index (χ1) is 8.61. The lowest BCUT2D eigenvalue weighted by Crippen LogP contribution is -2.10. The van der Waals surface area contributed by atoms with Gasteiger partial charge in [-0.3, -0.25) is 0 Å². The fourth-order valence-electron chi connectivity index (χ4n) is 1.71. The second-order valence-electron chi connectivity index (χ2n) is 4.13. The van der Waals surface area contributed by atoms with E-state index in [1.54, 1.807) is 13.0 Å². The van der Waals surface area contributed by atoms with Crippen molar-refractivity contribution in [1.29, 1.82) is 0 Å². The molecule has 0 atom stereocenters. The minimum atomic E-state index is -0.303. The maximum atomic E-state index is 13.3. The lowest BCUT2D eigenvalue weighted by atomic mass is 10.1. The Bertz CT molecular complexity index is 551. The number of halogens is 2. The first-order valence-corrected chi connectivity index (χ1v) is 6.25. The summed E-state index contributed by atoms with van der Waals surface area (Å²) in [6, 6.07) is 6.77. The van der Waals surface area contributed by atoms with Gasteiger partial charge in [0.1, 0.15) is 17.3 Å². The van der Waals surface area contributed by atoms with Gasteiger partial charge in [0.25, 0.3) is 0 Å². The SMILES string of the molecule is CCNCc1ccc(-c2cc(C)c(F)cc2Cl)o1. The van der Waals surface area contributed by atoms with Crippen LogP contribution >= 0.6 is 11.6 Å². The predicted molar refractivity (Wildman–Crippen MR) is 71.2 cm³/mol. The van der Waals surface area contributed by atoms with E-state index in [1.165, 1.54) is 6.07 Å². The van der Waals surface area contributed by atoms with Crippen LogP contribution in [0.25, 0.3) is 11.3 Å². The van der Waals surface area contributed by atoms with Crippen LogP contribution in [0.2, 0.25) is 5.02 Å². The first-order valence-electron chi connectivity index (χ1n) is 5.87. The molecule has 0 saturated heterocycles. The first kappa shape index (κ1) is 13.1. The van der Waals surface area contributed by atoms with Crippen molar-refractivity contribution in [3.05, 3.63) is 46.4 Å². The molecular weight excluding hydrogens is 253 g/mol. The molecule has 1 aromatic heterocycles. The summed E-state index contributed by atoms with van der Waals surface area (Å²) in [5.41, 5.74) is 1.28. The summed E-state index contributed by atoms with van der Waals surface area (Å²) in [4.78, 5) is 0. The third kappa shape index (κ3) is 2.74. The molecule has 0 aliphatic heterocycles. The molecule has 0 amide bonds. The molecule has 1 aromatic carbocycles. The van der Waals surface area contributed by atoms with Crippen LogP contribution in [-0.2, 0) is 6.54 Å². The maximum absolute atomic E-state index is 13.3. The van der Waals surface area contributed by atoms with Gasteiger partial charge in [0.2, 0.25) is 0 Å². The molecule has 0 aliphatic carbocycles. The third-order valence-corrected chi connectivity index (χ3v) is 3.04. The number of hydrogen-bond donors (Lipinski definition) is 1. The summed E-state index contributed by atoms with van der Waals surface area (Å²) < 4.78 is 19.0. The van der Waals surface area contributed by atoms with E-state index in [4.69, 9.17) is 16.0 Å². The number of benzene rings is 1. The standard InChI is InChI=1S/C14H15ClFNO/c1-3-17-8-10-4-5-14(18-10)11-6-9(2)13(16)7-12(11)15/h4-7,17H,3,8H2,1-2H3.